The van der Waals surface area contributed by atoms with Crippen LogP contribution in [0.5, 0.6) is 0 Å². The zero-order valence-electron chi connectivity index (χ0n) is 8.42. The van der Waals surface area contributed by atoms with Crippen LogP contribution in [-0.2, 0) is 0 Å². The van der Waals surface area contributed by atoms with Crippen LogP contribution in [0, 0.1) is 5.16 Å². The lowest BCUT2D eigenvalue weighted by Gasteiger charge is -1.39. The summed E-state index contributed by atoms with van der Waals surface area (Å²) in [6, 6.07) is 0. The van der Waals surface area contributed by atoms with Gasteiger partial charge in [-0.15, -0.1) is 0 Å². The fourth-order valence-electron chi connectivity index (χ4n) is 0. The number of rotatable bonds is 0. The summed E-state index contributed by atoms with van der Waals surface area (Å²) in [4.78, 5) is 6.60. The van der Waals surface area contributed by atoms with Crippen molar-refractivity contribution in [2.75, 3.05) is 14.1 Å². The average molecular weight is 257 g/mol. The Morgan fingerprint density at radius 3 is 1.08 bits per heavy atom. The summed E-state index contributed by atoms with van der Waals surface area (Å²) in [5, 5.41) is 9.83. The van der Waals surface area contributed by atoms with E-state index < -0.39 is 0 Å². The minimum Gasteiger partial charge on any atom is -0.287 e. The molecule has 0 saturated heterocycles. The molecule has 78 valence electrons. The predicted molar refractivity (Wildman–Crippen MR) is 75.4 cm³/mol. The van der Waals surface area contributed by atoms with Crippen molar-refractivity contribution in [3.8, 4) is 0 Å². The highest BCUT2D eigenvalue weighted by Crippen LogP contribution is 1.36. The molecule has 0 aromatic heterocycles. The van der Waals surface area contributed by atoms with Crippen LogP contribution in [0.3, 0.4) is 0 Å². The van der Waals surface area contributed by atoms with Crippen LogP contribution in [0.15, 0.2) is 9.98 Å². The van der Waals surface area contributed by atoms with Gasteiger partial charge in [0.05, 0.1) is 10.3 Å². The Labute approximate surface area is 96.9 Å². The van der Waals surface area contributed by atoms with Crippen molar-refractivity contribution >= 4 is 53.7 Å². The normalized spacial score (nSPS) is 3.38. The smallest absolute Gasteiger partial charge is 0.0582 e. The lowest BCUT2D eigenvalue weighted by Crippen LogP contribution is -1.33. The number of thiocarbonyl (C=S) groups is 2. The van der Waals surface area contributed by atoms with E-state index in [1.54, 1.807) is 14.1 Å². The molecule has 0 saturated carbocycles. The van der Waals surface area contributed by atoms with E-state index in [1.807, 2.05) is 13.8 Å². The van der Waals surface area contributed by atoms with E-state index in [4.69, 9.17) is 5.16 Å². The number of hydrogen-bond acceptors (Lipinski definition) is 5. The molecule has 0 rings (SSSR count). The summed E-state index contributed by atoms with van der Waals surface area (Å²) in [7, 11) is 5.40. The van der Waals surface area contributed by atoms with Crippen LogP contribution in [-0.4, -0.2) is 24.4 Å². The van der Waals surface area contributed by atoms with E-state index in [9.17, 15) is 0 Å². The van der Waals surface area contributed by atoms with Crippen molar-refractivity contribution in [3.05, 3.63) is 0 Å². The lowest BCUT2D eigenvalue weighted by molar-refractivity contribution is 1.49. The minimum absolute atomic E-state index is 0. The molecule has 1 N–H and O–H groups in total. The molecular formula is C6H17N3P2S2. The van der Waals surface area contributed by atoms with Gasteiger partial charge in [0.25, 0.3) is 0 Å². The highest BCUT2D eigenvalue weighted by molar-refractivity contribution is 7.78. The molecule has 0 fully saturated rings. The van der Waals surface area contributed by atoms with Gasteiger partial charge in [-0.05, 0) is 33.5 Å². The number of aliphatic imine (C=N–C) groups is 2. The van der Waals surface area contributed by atoms with E-state index in [0.29, 0.717) is 0 Å². The molecule has 0 radical (unpaired) electrons. The molecule has 0 aromatic rings. The standard InChI is InChI=1S/2C2H3NS.C2H6.H2NP.H3P/c2*1-3-2-4;2*1-2;/h2*1H3;1-2H3;1-2H;1H3. The lowest BCUT2D eigenvalue weighted by atomic mass is 11.0. The zero-order chi connectivity index (χ0) is 10.8. The second-order valence-corrected chi connectivity index (χ2v) is 0.995. The number of nitrogens with one attached hydrogen (secondary N) is 1. The summed E-state index contributed by atoms with van der Waals surface area (Å²) in [6.07, 6.45) is 0. The molecule has 0 heterocycles. The zero-order valence-corrected chi connectivity index (χ0v) is 12.5. The van der Waals surface area contributed by atoms with Crippen molar-refractivity contribution in [2.45, 2.75) is 13.8 Å². The van der Waals surface area contributed by atoms with Gasteiger partial charge in [-0.25, -0.2) is 9.98 Å². The Hall–Kier alpha value is 0.130. The van der Waals surface area contributed by atoms with Gasteiger partial charge in [0, 0.05) is 14.1 Å². The first-order chi connectivity index (χ1) is 5.83. The highest BCUT2D eigenvalue weighted by Gasteiger charge is 1.24. The number of hydrogen-bond donors (Lipinski definition) is 1. The Kier molecular flexibility index (Phi) is 198. The molecular weight excluding hydrogens is 240 g/mol. The number of nitrogens with zero attached hydrogens (tertiary/aromatic N) is 2. The molecule has 7 heteroatoms. The molecule has 13 heavy (non-hydrogen) atoms. The summed E-state index contributed by atoms with van der Waals surface area (Å²) < 4.78 is 0. The Balaban J connectivity index is -0.0000000226. The van der Waals surface area contributed by atoms with E-state index in [-0.39, 0.29) is 9.90 Å². The SMILES string of the molecule is CC.CN=C=S.CN=C=S.N=P.P. The molecule has 0 amide bonds. The third kappa shape index (κ3) is 274. The maximum atomic E-state index is 5.56. The van der Waals surface area contributed by atoms with Crippen LogP contribution in [0.25, 0.3) is 0 Å². The van der Waals surface area contributed by atoms with Gasteiger partial charge in [-0.1, -0.05) is 13.8 Å². The first-order valence-corrected chi connectivity index (χ1v) is 4.32. The first-order valence-electron chi connectivity index (χ1n) is 3.00. The summed E-state index contributed by atoms with van der Waals surface area (Å²) >= 11 is 8.27. The molecule has 0 bridgehead atoms. The van der Waals surface area contributed by atoms with Gasteiger partial charge < -0.3 is 0 Å². The van der Waals surface area contributed by atoms with Crippen LogP contribution in [0.1, 0.15) is 13.8 Å². The van der Waals surface area contributed by atoms with Crippen LogP contribution in [0.4, 0.5) is 0 Å². The van der Waals surface area contributed by atoms with Gasteiger partial charge in [0.1, 0.15) is 0 Å². The highest BCUT2D eigenvalue weighted by atomic mass is 32.1. The van der Waals surface area contributed by atoms with Crippen LogP contribution >= 0.6 is 43.4 Å². The Morgan fingerprint density at radius 1 is 1.00 bits per heavy atom. The van der Waals surface area contributed by atoms with Gasteiger partial charge in [0.2, 0.25) is 0 Å². The second kappa shape index (κ2) is 88.1. The van der Waals surface area contributed by atoms with E-state index in [1.165, 1.54) is 0 Å². The predicted octanol–water partition coefficient (Wildman–Crippen LogP) is 3.41. The van der Waals surface area contributed by atoms with Crippen molar-refractivity contribution in [1.82, 2.24) is 0 Å². The van der Waals surface area contributed by atoms with Crippen LogP contribution in [0.2, 0.25) is 0 Å². The molecule has 1 unspecified atom stereocenters. The molecule has 1 atom stereocenters. The molecule has 3 nitrogen and oxygen atoms in total. The van der Waals surface area contributed by atoms with Crippen molar-refractivity contribution in [1.29, 1.82) is 5.16 Å². The van der Waals surface area contributed by atoms with Crippen molar-refractivity contribution in [2.24, 2.45) is 9.98 Å². The molecule has 0 aromatic carbocycles. The average Bonchev–Trinajstić information content (AvgIpc) is 2.23. The fraction of sp³-hybridized carbons (Fsp3) is 0.667. The van der Waals surface area contributed by atoms with Gasteiger partial charge >= 0.3 is 0 Å². The van der Waals surface area contributed by atoms with Gasteiger partial charge in [0.15, 0.2) is 0 Å². The van der Waals surface area contributed by atoms with Crippen molar-refractivity contribution < 1.29 is 0 Å². The topological polar surface area (TPSA) is 48.6 Å². The molecule has 0 spiro atoms. The largest absolute Gasteiger partial charge is 0.287 e. The fourth-order valence-corrected chi connectivity index (χ4v) is 0. The minimum atomic E-state index is 0. The Morgan fingerprint density at radius 2 is 1.08 bits per heavy atom. The van der Waals surface area contributed by atoms with Crippen LogP contribution < -0.4 is 0 Å². The molecule has 0 aliphatic carbocycles. The maximum Gasteiger partial charge on any atom is 0.0582 e. The summed E-state index contributed by atoms with van der Waals surface area (Å²) in [5.41, 5.74) is 0. The third-order valence-electron chi connectivity index (χ3n) is 0.183. The van der Waals surface area contributed by atoms with Crippen molar-refractivity contribution in [3.63, 3.8) is 0 Å². The Bertz CT molecular complexity index is 127. The second-order valence-electron chi connectivity index (χ2n) is 0.630. The molecule has 0 aliphatic heterocycles. The quantitative estimate of drug-likeness (QED) is 0.410. The first kappa shape index (κ1) is 29.2. The maximum absolute atomic E-state index is 5.56. The number of isothiocyanates is 2. The molecule has 0 aliphatic rings. The van der Waals surface area contributed by atoms with E-state index >= 15 is 0 Å². The monoisotopic (exact) mass is 257 g/mol. The van der Waals surface area contributed by atoms with Gasteiger partial charge in [-0.3, -0.25) is 5.16 Å². The third-order valence-corrected chi connectivity index (χ3v) is 0.548. The van der Waals surface area contributed by atoms with E-state index in [2.05, 4.69) is 53.8 Å². The summed E-state index contributed by atoms with van der Waals surface area (Å²) in [6.45, 7) is 4.00. The summed E-state index contributed by atoms with van der Waals surface area (Å²) in [5.74, 6) is 0. The van der Waals surface area contributed by atoms with Gasteiger partial charge in [-0.2, -0.15) is 9.90 Å². The van der Waals surface area contributed by atoms with E-state index in [0.717, 1.165) is 0 Å².